The highest BCUT2D eigenvalue weighted by Gasteiger charge is 2.31. The largest absolute Gasteiger partial charge is 0.489 e. The molecule has 0 saturated carbocycles. The van der Waals surface area contributed by atoms with E-state index in [-0.39, 0.29) is 18.5 Å². The molecular weight excluding hydrogens is 269 g/mol. The molecule has 0 aromatic heterocycles. The van der Waals surface area contributed by atoms with Crippen LogP contribution < -0.4 is 4.74 Å². The molecule has 1 aromatic rings. The van der Waals surface area contributed by atoms with Gasteiger partial charge in [0, 0.05) is 17.2 Å². The number of benzene rings is 1. The normalized spacial score (nSPS) is 21.6. The van der Waals surface area contributed by atoms with Crippen molar-refractivity contribution >= 4 is 19.9 Å². The van der Waals surface area contributed by atoms with Crippen LogP contribution in [0.5, 0.6) is 5.75 Å². The first-order valence-electron chi connectivity index (χ1n) is 5.07. The van der Waals surface area contributed by atoms with E-state index in [4.69, 9.17) is 15.4 Å². The van der Waals surface area contributed by atoms with Crippen LogP contribution in [0, 0.1) is 5.82 Å². The standard InChI is InChI=1S/C10H11ClFNO3S/c11-17(14,15)13-6-5-10(7-13)16-9-3-1-8(12)2-4-9/h1-4,10H,5-7H2/t10-/m0/s1. The molecule has 1 heterocycles. The van der Waals surface area contributed by atoms with Crippen LogP contribution in [0.3, 0.4) is 0 Å². The summed E-state index contributed by atoms with van der Waals surface area (Å²) >= 11 is 0. The molecule has 1 saturated heterocycles. The van der Waals surface area contributed by atoms with Crippen LogP contribution in [0.15, 0.2) is 24.3 Å². The van der Waals surface area contributed by atoms with Gasteiger partial charge in [-0.05, 0) is 30.7 Å². The predicted molar refractivity (Wildman–Crippen MR) is 61.8 cm³/mol. The van der Waals surface area contributed by atoms with E-state index >= 15 is 0 Å². The summed E-state index contributed by atoms with van der Waals surface area (Å²) in [5.74, 6) is 0.180. The van der Waals surface area contributed by atoms with E-state index in [1.54, 1.807) is 0 Å². The Morgan fingerprint density at radius 3 is 2.53 bits per heavy atom. The third-order valence-corrected chi connectivity index (χ3v) is 4.07. The van der Waals surface area contributed by atoms with Gasteiger partial charge in [-0.3, -0.25) is 0 Å². The van der Waals surface area contributed by atoms with Crippen LogP contribution in [0.4, 0.5) is 4.39 Å². The Bertz CT molecular complexity index is 491. The minimum absolute atomic E-state index is 0.225. The molecule has 4 nitrogen and oxygen atoms in total. The number of rotatable bonds is 3. The lowest BCUT2D eigenvalue weighted by atomic mass is 10.3. The van der Waals surface area contributed by atoms with Gasteiger partial charge in [0.15, 0.2) is 0 Å². The minimum Gasteiger partial charge on any atom is -0.489 e. The molecule has 17 heavy (non-hydrogen) atoms. The average molecular weight is 280 g/mol. The van der Waals surface area contributed by atoms with Crippen LogP contribution in [-0.4, -0.2) is 31.9 Å². The van der Waals surface area contributed by atoms with Gasteiger partial charge >= 0.3 is 0 Å². The van der Waals surface area contributed by atoms with Crippen molar-refractivity contribution in [1.82, 2.24) is 4.31 Å². The quantitative estimate of drug-likeness (QED) is 0.792. The third-order valence-electron chi connectivity index (χ3n) is 2.53. The van der Waals surface area contributed by atoms with Crippen LogP contribution in [-0.2, 0) is 9.24 Å². The smallest absolute Gasteiger partial charge is 0.299 e. The lowest BCUT2D eigenvalue weighted by Gasteiger charge is -2.14. The SMILES string of the molecule is O=S(=O)(Cl)N1CC[C@H](Oc2ccc(F)cc2)C1. The summed E-state index contributed by atoms with van der Waals surface area (Å²) in [6.07, 6.45) is 0.331. The molecule has 1 aliphatic heterocycles. The number of halogens is 2. The maximum absolute atomic E-state index is 12.7. The van der Waals surface area contributed by atoms with E-state index in [1.165, 1.54) is 24.3 Å². The Morgan fingerprint density at radius 2 is 2.00 bits per heavy atom. The van der Waals surface area contributed by atoms with E-state index in [0.29, 0.717) is 18.7 Å². The van der Waals surface area contributed by atoms with Crippen molar-refractivity contribution in [3.05, 3.63) is 30.1 Å². The van der Waals surface area contributed by atoms with Crippen LogP contribution >= 0.6 is 10.7 Å². The molecule has 7 heteroatoms. The molecule has 0 unspecified atom stereocenters. The zero-order chi connectivity index (χ0) is 12.5. The van der Waals surface area contributed by atoms with Crippen molar-refractivity contribution in [1.29, 1.82) is 0 Å². The van der Waals surface area contributed by atoms with Crippen molar-refractivity contribution in [3.8, 4) is 5.75 Å². The maximum atomic E-state index is 12.7. The van der Waals surface area contributed by atoms with Crippen LogP contribution in [0.1, 0.15) is 6.42 Å². The van der Waals surface area contributed by atoms with Gasteiger partial charge < -0.3 is 4.74 Å². The van der Waals surface area contributed by atoms with E-state index < -0.39 is 9.24 Å². The molecule has 1 fully saturated rings. The zero-order valence-electron chi connectivity index (χ0n) is 8.84. The summed E-state index contributed by atoms with van der Waals surface area (Å²) in [6, 6.07) is 5.60. The van der Waals surface area contributed by atoms with Gasteiger partial charge in [0.2, 0.25) is 0 Å². The molecule has 2 rings (SSSR count). The van der Waals surface area contributed by atoms with Crippen molar-refractivity contribution in [2.45, 2.75) is 12.5 Å². The predicted octanol–water partition coefficient (Wildman–Crippen LogP) is 1.76. The maximum Gasteiger partial charge on any atom is 0.299 e. The fraction of sp³-hybridized carbons (Fsp3) is 0.400. The first-order valence-corrected chi connectivity index (χ1v) is 7.34. The number of ether oxygens (including phenoxy) is 1. The Balaban J connectivity index is 1.96. The summed E-state index contributed by atoms with van der Waals surface area (Å²) in [7, 11) is 1.55. The van der Waals surface area contributed by atoms with Gasteiger partial charge in [-0.2, -0.15) is 12.7 Å². The lowest BCUT2D eigenvalue weighted by molar-refractivity contribution is 0.215. The highest BCUT2D eigenvalue weighted by molar-refractivity contribution is 8.11. The first kappa shape index (κ1) is 12.6. The van der Waals surface area contributed by atoms with Crippen molar-refractivity contribution < 1.29 is 17.5 Å². The Kier molecular flexibility index (Phi) is 3.56. The van der Waals surface area contributed by atoms with Crippen LogP contribution in [0.2, 0.25) is 0 Å². The zero-order valence-corrected chi connectivity index (χ0v) is 10.4. The van der Waals surface area contributed by atoms with Crippen molar-refractivity contribution in [2.24, 2.45) is 0 Å². The molecule has 0 N–H and O–H groups in total. The van der Waals surface area contributed by atoms with E-state index in [0.717, 1.165) is 4.31 Å². The molecule has 1 aliphatic rings. The van der Waals surface area contributed by atoms with Crippen LogP contribution in [0.25, 0.3) is 0 Å². The van der Waals surface area contributed by atoms with E-state index in [9.17, 15) is 12.8 Å². The molecule has 0 amide bonds. The second-order valence-electron chi connectivity index (χ2n) is 3.78. The summed E-state index contributed by atoms with van der Waals surface area (Å²) in [4.78, 5) is 0. The van der Waals surface area contributed by atoms with E-state index in [1.807, 2.05) is 0 Å². The fourth-order valence-electron chi connectivity index (χ4n) is 1.70. The second kappa shape index (κ2) is 4.80. The number of hydrogen-bond acceptors (Lipinski definition) is 3. The molecule has 0 bridgehead atoms. The summed E-state index contributed by atoms with van der Waals surface area (Å²) in [5.41, 5.74) is 0. The Hall–Kier alpha value is -0.850. The van der Waals surface area contributed by atoms with Gasteiger partial charge in [0.25, 0.3) is 9.24 Å². The van der Waals surface area contributed by atoms with Gasteiger partial charge in [-0.15, -0.1) is 0 Å². The second-order valence-corrected chi connectivity index (χ2v) is 6.29. The summed E-state index contributed by atoms with van der Waals surface area (Å²) < 4.78 is 41.5. The molecule has 1 aromatic carbocycles. The van der Waals surface area contributed by atoms with Gasteiger partial charge in [-0.25, -0.2) is 4.39 Å². The topological polar surface area (TPSA) is 46.6 Å². The summed E-state index contributed by atoms with van der Waals surface area (Å²) in [6.45, 7) is 0.570. The molecule has 94 valence electrons. The average Bonchev–Trinajstić information content (AvgIpc) is 2.69. The minimum atomic E-state index is -3.67. The fourth-order valence-corrected chi connectivity index (χ4v) is 2.74. The lowest BCUT2D eigenvalue weighted by Crippen LogP contribution is -2.27. The van der Waals surface area contributed by atoms with Gasteiger partial charge in [0.1, 0.15) is 17.7 Å². The van der Waals surface area contributed by atoms with Gasteiger partial charge in [0.05, 0.1) is 6.54 Å². The summed E-state index contributed by atoms with van der Waals surface area (Å²) in [5, 5.41) is 0. The Morgan fingerprint density at radius 1 is 1.35 bits per heavy atom. The number of hydrogen-bond donors (Lipinski definition) is 0. The Labute approximate surface area is 103 Å². The monoisotopic (exact) mass is 279 g/mol. The molecular formula is C10H11ClFNO3S. The highest BCUT2D eigenvalue weighted by atomic mass is 35.7. The molecule has 0 aliphatic carbocycles. The molecule has 1 atom stereocenters. The first-order chi connectivity index (χ1) is 7.95. The third kappa shape index (κ3) is 3.31. The molecule has 0 spiro atoms. The van der Waals surface area contributed by atoms with E-state index in [2.05, 4.69) is 0 Å². The highest BCUT2D eigenvalue weighted by Crippen LogP contribution is 2.21. The van der Waals surface area contributed by atoms with Gasteiger partial charge in [-0.1, -0.05) is 0 Å². The number of nitrogens with zero attached hydrogens (tertiary/aromatic N) is 1. The van der Waals surface area contributed by atoms with Crippen molar-refractivity contribution in [3.63, 3.8) is 0 Å². The molecule has 0 radical (unpaired) electrons. The van der Waals surface area contributed by atoms with Crippen molar-refractivity contribution in [2.75, 3.05) is 13.1 Å².